The van der Waals surface area contributed by atoms with Crippen molar-refractivity contribution in [2.24, 2.45) is 0 Å². The van der Waals surface area contributed by atoms with Crippen LogP contribution in [-0.4, -0.2) is 35.3 Å². The molecule has 0 aromatic heterocycles. The second-order valence-corrected chi connectivity index (χ2v) is 4.66. The Kier molecular flexibility index (Phi) is 8.86. The van der Waals surface area contributed by atoms with Crippen molar-refractivity contribution in [1.29, 1.82) is 0 Å². The molecular formula is C12H23ClN2O2. The molecule has 0 rings (SSSR count). The molecule has 0 radical (unpaired) electrons. The van der Waals surface area contributed by atoms with Crippen molar-refractivity contribution in [2.45, 2.75) is 52.5 Å². The summed E-state index contributed by atoms with van der Waals surface area (Å²) in [5.41, 5.74) is 0. The van der Waals surface area contributed by atoms with Gasteiger partial charge in [-0.25, -0.2) is 4.79 Å². The summed E-state index contributed by atoms with van der Waals surface area (Å²) in [5.74, 6) is -0.0810. The highest BCUT2D eigenvalue weighted by Crippen LogP contribution is 2.04. The third-order valence-electron chi connectivity index (χ3n) is 2.45. The van der Waals surface area contributed by atoms with Gasteiger partial charge in [-0.3, -0.25) is 10.1 Å². The topological polar surface area (TPSA) is 49.4 Å². The number of imide groups is 1. The van der Waals surface area contributed by atoms with E-state index in [1.165, 1.54) is 0 Å². The summed E-state index contributed by atoms with van der Waals surface area (Å²) in [6, 6.07) is -0.220. The summed E-state index contributed by atoms with van der Waals surface area (Å²) in [4.78, 5) is 24.8. The molecule has 0 aliphatic carbocycles. The van der Waals surface area contributed by atoms with E-state index in [9.17, 15) is 9.59 Å². The van der Waals surface area contributed by atoms with Crippen molar-refractivity contribution in [2.75, 3.05) is 12.4 Å². The predicted molar refractivity (Wildman–Crippen MR) is 70.2 cm³/mol. The lowest BCUT2D eigenvalue weighted by Crippen LogP contribution is -2.46. The SMILES string of the molecule is CCCCCN(C(=O)NC(=O)CCCl)C(C)C. The van der Waals surface area contributed by atoms with Crippen LogP contribution in [0.1, 0.15) is 46.5 Å². The van der Waals surface area contributed by atoms with Crippen molar-refractivity contribution in [1.82, 2.24) is 10.2 Å². The first-order valence-corrected chi connectivity index (χ1v) is 6.72. The van der Waals surface area contributed by atoms with Gasteiger partial charge >= 0.3 is 6.03 Å². The fourth-order valence-corrected chi connectivity index (χ4v) is 1.64. The Labute approximate surface area is 109 Å². The third-order valence-corrected chi connectivity index (χ3v) is 2.64. The van der Waals surface area contributed by atoms with Gasteiger partial charge in [0.1, 0.15) is 0 Å². The van der Waals surface area contributed by atoms with E-state index in [1.54, 1.807) is 4.90 Å². The number of hydrogen-bond donors (Lipinski definition) is 1. The summed E-state index contributed by atoms with van der Waals surface area (Å²) in [7, 11) is 0. The normalized spacial score (nSPS) is 10.4. The molecule has 17 heavy (non-hydrogen) atoms. The molecule has 0 atom stereocenters. The Balaban J connectivity index is 4.19. The van der Waals surface area contributed by atoms with Gasteiger partial charge in [0, 0.05) is 24.9 Å². The molecule has 0 aliphatic rings. The molecule has 0 saturated heterocycles. The molecule has 3 amide bonds. The van der Waals surface area contributed by atoms with E-state index in [2.05, 4.69) is 12.2 Å². The predicted octanol–water partition coefficient (Wildman–Crippen LogP) is 2.75. The Morgan fingerprint density at radius 1 is 1.29 bits per heavy atom. The Morgan fingerprint density at radius 3 is 2.41 bits per heavy atom. The lowest BCUT2D eigenvalue weighted by molar-refractivity contribution is -0.119. The van der Waals surface area contributed by atoms with E-state index in [1.807, 2.05) is 13.8 Å². The maximum absolute atomic E-state index is 11.8. The molecule has 4 nitrogen and oxygen atoms in total. The van der Waals surface area contributed by atoms with Gasteiger partial charge in [-0.05, 0) is 20.3 Å². The number of hydrogen-bond acceptors (Lipinski definition) is 2. The van der Waals surface area contributed by atoms with Gasteiger partial charge < -0.3 is 4.90 Å². The van der Waals surface area contributed by atoms with Crippen LogP contribution >= 0.6 is 11.6 Å². The van der Waals surface area contributed by atoms with Crippen LogP contribution in [0.2, 0.25) is 0 Å². The van der Waals surface area contributed by atoms with E-state index < -0.39 is 0 Å². The number of nitrogens with one attached hydrogen (secondary N) is 1. The average Bonchev–Trinajstić information content (AvgIpc) is 2.23. The summed E-state index contributed by atoms with van der Waals surface area (Å²) in [6.07, 6.45) is 3.34. The molecule has 0 fully saturated rings. The molecule has 0 aromatic rings. The first kappa shape index (κ1) is 16.2. The molecule has 0 saturated carbocycles. The highest BCUT2D eigenvalue weighted by molar-refractivity contribution is 6.19. The quantitative estimate of drug-likeness (QED) is 0.567. The van der Waals surface area contributed by atoms with Gasteiger partial charge in [0.05, 0.1) is 0 Å². The number of unbranched alkanes of at least 4 members (excludes halogenated alkanes) is 2. The van der Waals surface area contributed by atoms with Crippen LogP contribution < -0.4 is 5.32 Å². The van der Waals surface area contributed by atoms with Gasteiger partial charge in [0.2, 0.25) is 5.91 Å². The van der Waals surface area contributed by atoms with E-state index in [-0.39, 0.29) is 30.3 Å². The fraction of sp³-hybridized carbons (Fsp3) is 0.833. The lowest BCUT2D eigenvalue weighted by atomic mass is 10.2. The standard InChI is InChI=1S/C12H23ClN2O2/c1-4-5-6-9-15(10(2)3)12(17)14-11(16)7-8-13/h10H,4-9H2,1-3H3,(H,14,16,17). The highest BCUT2D eigenvalue weighted by Gasteiger charge is 2.18. The van der Waals surface area contributed by atoms with Crippen LogP contribution in [-0.2, 0) is 4.79 Å². The number of halogens is 1. The van der Waals surface area contributed by atoms with Crippen LogP contribution in [0.3, 0.4) is 0 Å². The van der Waals surface area contributed by atoms with Crippen molar-refractivity contribution < 1.29 is 9.59 Å². The smallest absolute Gasteiger partial charge is 0.322 e. The number of carbonyl (C=O) groups excluding carboxylic acids is 2. The molecule has 0 aromatic carbocycles. The largest absolute Gasteiger partial charge is 0.324 e. The van der Waals surface area contributed by atoms with E-state index >= 15 is 0 Å². The second kappa shape index (κ2) is 9.28. The summed E-state index contributed by atoms with van der Waals surface area (Å²) in [6.45, 7) is 6.68. The van der Waals surface area contributed by atoms with Crippen molar-refractivity contribution in [3.8, 4) is 0 Å². The highest BCUT2D eigenvalue weighted by atomic mass is 35.5. The minimum Gasteiger partial charge on any atom is -0.322 e. The van der Waals surface area contributed by atoms with E-state index in [0.717, 1.165) is 19.3 Å². The first-order valence-electron chi connectivity index (χ1n) is 6.19. The molecule has 5 heteroatoms. The molecule has 0 spiro atoms. The zero-order valence-electron chi connectivity index (χ0n) is 11.0. The third kappa shape index (κ3) is 7.21. The number of amides is 3. The first-order chi connectivity index (χ1) is 8.02. The summed E-state index contributed by atoms with van der Waals surface area (Å²) < 4.78 is 0. The number of nitrogens with zero attached hydrogens (tertiary/aromatic N) is 1. The van der Waals surface area contributed by atoms with Gasteiger partial charge in [-0.2, -0.15) is 0 Å². The molecule has 1 N–H and O–H groups in total. The number of alkyl halides is 1. The van der Waals surface area contributed by atoms with Crippen LogP contribution in [0.4, 0.5) is 4.79 Å². The van der Waals surface area contributed by atoms with Crippen molar-refractivity contribution >= 4 is 23.5 Å². The molecule has 0 heterocycles. The number of urea groups is 1. The molecule has 0 unspecified atom stereocenters. The Morgan fingerprint density at radius 2 is 1.94 bits per heavy atom. The lowest BCUT2D eigenvalue weighted by Gasteiger charge is -2.26. The number of carbonyl (C=O) groups is 2. The average molecular weight is 263 g/mol. The van der Waals surface area contributed by atoms with Crippen molar-refractivity contribution in [3.05, 3.63) is 0 Å². The van der Waals surface area contributed by atoms with Crippen molar-refractivity contribution in [3.63, 3.8) is 0 Å². The molecular weight excluding hydrogens is 240 g/mol. The van der Waals surface area contributed by atoms with Gasteiger partial charge in [0.25, 0.3) is 0 Å². The van der Waals surface area contributed by atoms with Crippen LogP contribution in [0.15, 0.2) is 0 Å². The second-order valence-electron chi connectivity index (χ2n) is 4.29. The van der Waals surface area contributed by atoms with Crippen LogP contribution in [0.5, 0.6) is 0 Å². The van der Waals surface area contributed by atoms with E-state index in [0.29, 0.717) is 6.54 Å². The van der Waals surface area contributed by atoms with Gasteiger partial charge in [0.15, 0.2) is 0 Å². The minimum absolute atomic E-state index is 0.0932. The Bertz CT molecular complexity index is 245. The fourth-order valence-electron chi connectivity index (χ4n) is 1.47. The monoisotopic (exact) mass is 262 g/mol. The zero-order valence-corrected chi connectivity index (χ0v) is 11.7. The summed E-state index contributed by atoms with van der Waals surface area (Å²) >= 11 is 5.44. The van der Waals surface area contributed by atoms with Gasteiger partial charge in [-0.1, -0.05) is 19.8 Å². The van der Waals surface area contributed by atoms with Crippen LogP contribution in [0.25, 0.3) is 0 Å². The van der Waals surface area contributed by atoms with Crippen LogP contribution in [0, 0.1) is 0 Å². The van der Waals surface area contributed by atoms with Gasteiger partial charge in [-0.15, -0.1) is 11.6 Å². The molecule has 0 bridgehead atoms. The van der Waals surface area contributed by atoms with E-state index in [4.69, 9.17) is 11.6 Å². The minimum atomic E-state index is -0.314. The maximum Gasteiger partial charge on any atom is 0.324 e. The maximum atomic E-state index is 11.8. The Hall–Kier alpha value is -0.770. The number of rotatable bonds is 7. The molecule has 100 valence electrons. The molecule has 0 aliphatic heterocycles. The summed E-state index contributed by atoms with van der Waals surface area (Å²) in [5, 5.41) is 2.35. The zero-order chi connectivity index (χ0) is 13.3.